The first-order valence-corrected chi connectivity index (χ1v) is 7.94. The van der Waals surface area contributed by atoms with E-state index < -0.39 is 17.3 Å². The molecule has 0 fully saturated rings. The van der Waals surface area contributed by atoms with Crippen molar-refractivity contribution in [3.63, 3.8) is 0 Å². The highest BCUT2D eigenvalue weighted by atomic mass is 19.4. The fraction of sp³-hybridized carbons (Fsp3) is 0.0556. The Bertz CT molecular complexity index is 1170. The van der Waals surface area contributed by atoms with Crippen LogP contribution in [0.15, 0.2) is 64.2 Å². The van der Waals surface area contributed by atoms with Crippen LogP contribution in [0.25, 0.3) is 34.4 Å². The molecule has 0 radical (unpaired) electrons. The van der Waals surface area contributed by atoms with Crippen LogP contribution in [-0.4, -0.2) is 25.1 Å². The zero-order valence-electron chi connectivity index (χ0n) is 13.9. The molecular weight excluding hydrogens is 375 g/mol. The summed E-state index contributed by atoms with van der Waals surface area (Å²) < 4.78 is 42.9. The lowest BCUT2D eigenvalue weighted by atomic mass is 10.2. The third-order valence-electron chi connectivity index (χ3n) is 3.82. The van der Waals surface area contributed by atoms with E-state index in [4.69, 9.17) is 4.52 Å². The third kappa shape index (κ3) is 3.39. The Morgan fingerprint density at radius 2 is 1.75 bits per heavy atom. The Kier molecular flexibility index (Phi) is 4.22. The first-order valence-electron chi connectivity index (χ1n) is 7.94. The van der Waals surface area contributed by atoms with E-state index >= 15 is 0 Å². The number of hydrogen-bond donors (Lipinski definition) is 1. The van der Waals surface area contributed by atoms with Crippen LogP contribution in [0.5, 0.6) is 0 Å². The number of aromatic nitrogens is 5. The summed E-state index contributed by atoms with van der Waals surface area (Å²) in [4.78, 5) is 26.9. The van der Waals surface area contributed by atoms with Gasteiger partial charge in [-0.2, -0.15) is 18.2 Å². The molecule has 0 amide bonds. The van der Waals surface area contributed by atoms with Crippen LogP contribution >= 0.6 is 0 Å². The van der Waals surface area contributed by atoms with Crippen molar-refractivity contribution in [1.29, 1.82) is 0 Å². The summed E-state index contributed by atoms with van der Waals surface area (Å²) in [5.41, 5.74) is -0.550. The Balaban J connectivity index is 1.64. The average molecular weight is 385 g/mol. The average Bonchev–Trinajstić information content (AvgIpc) is 3.18. The summed E-state index contributed by atoms with van der Waals surface area (Å²) in [5.74, 6) is 0.207. The van der Waals surface area contributed by atoms with Crippen LogP contribution < -0.4 is 5.56 Å². The quantitative estimate of drug-likeness (QED) is 0.579. The molecule has 3 aromatic heterocycles. The summed E-state index contributed by atoms with van der Waals surface area (Å²) in [6.07, 6.45) is -2.53. The van der Waals surface area contributed by atoms with E-state index in [1.54, 1.807) is 12.1 Å². The summed E-state index contributed by atoms with van der Waals surface area (Å²) >= 11 is 0. The fourth-order valence-corrected chi connectivity index (χ4v) is 2.42. The van der Waals surface area contributed by atoms with Crippen LogP contribution in [0.2, 0.25) is 0 Å². The summed E-state index contributed by atoms with van der Waals surface area (Å²) in [7, 11) is 0. The number of halogens is 3. The maximum Gasteiger partial charge on any atom is 0.417 e. The molecule has 0 aliphatic heterocycles. The number of aromatic amines is 1. The number of nitrogens with zero attached hydrogens (tertiary/aromatic N) is 4. The minimum absolute atomic E-state index is 0.0327. The molecule has 0 bridgehead atoms. The molecule has 0 aliphatic carbocycles. The largest absolute Gasteiger partial charge is 0.417 e. The normalized spacial score (nSPS) is 11.5. The molecule has 0 atom stereocenters. The van der Waals surface area contributed by atoms with Crippen molar-refractivity contribution in [2.45, 2.75) is 6.18 Å². The lowest BCUT2D eigenvalue weighted by molar-refractivity contribution is -0.137. The minimum Gasteiger partial charge on any atom is -0.333 e. The van der Waals surface area contributed by atoms with Gasteiger partial charge in [0.2, 0.25) is 5.82 Å². The Labute approximate surface area is 154 Å². The number of rotatable bonds is 3. The third-order valence-corrected chi connectivity index (χ3v) is 3.82. The van der Waals surface area contributed by atoms with Gasteiger partial charge in [0.05, 0.1) is 5.56 Å². The molecule has 10 heteroatoms. The fourth-order valence-electron chi connectivity index (χ4n) is 2.42. The van der Waals surface area contributed by atoms with Gasteiger partial charge in [-0.15, -0.1) is 0 Å². The first-order chi connectivity index (χ1) is 13.4. The highest BCUT2D eigenvalue weighted by Gasteiger charge is 2.31. The van der Waals surface area contributed by atoms with Crippen LogP contribution in [0, 0.1) is 0 Å². The molecule has 4 aromatic rings. The number of nitrogens with one attached hydrogen (secondary N) is 1. The van der Waals surface area contributed by atoms with Crippen LogP contribution in [-0.2, 0) is 6.18 Å². The van der Waals surface area contributed by atoms with E-state index in [0.29, 0.717) is 12.0 Å². The van der Waals surface area contributed by atoms with Crippen LogP contribution in [0.4, 0.5) is 13.2 Å². The molecule has 0 unspecified atom stereocenters. The maximum absolute atomic E-state index is 12.6. The number of hydrogen-bond acceptors (Lipinski definition) is 6. The van der Waals surface area contributed by atoms with Crippen molar-refractivity contribution >= 4 is 0 Å². The lowest BCUT2D eigenvalue weighted by Gasteiger charge is -2.05. The van der Waals surface area contributed by atoms with Gasteiger partial charge in [0.25, 0.3) is 11.4 Å². The molecule has 1 aromatic carbocycles. The predicted molar refractivity (Wildman–Crippen MR) is 91.8 cm³/mol. The summed E-state index contributed by atoms with van der Waals surface area (Å²) in [6.45, 7) is 0. The van der Waals surface area contributed by atoms with Gasteiger partial charge in [-0.3, -0.25) is 9.78 Å². The predicted octanol–water partition coefficient (Wildman–Crippen LogP) is 3.57. The van der Waals surface area contributed by atoms with Gasteiger partial charge in [0.15, 0.2) is 0 Å². The van der Waals surface area contributed by atoms with Gasteiger partial charge < -0.3 is 9.51 Å². The SMILES string of the molecule is O=c1[nH]c(-c2ccccc2)ncc1-c1nc(-c2ccc(C(F)(F)F)cn2)no1. The van der Waals surface area contributed by atoms with Crippen LogP contribution in [0.1, 0.15) is 5.56 Å². The summed E-state index contributed by atoms with van der Waals surface area (Å²) in [5, 5.41) is 3.67. The molecule has 0 spiro atoms. The topological polar surface area (TPSA) is 97.6 Å². The van der Waals surface area contributed by atoms with E-state index in [9.17, 15) is 18.0 Å². The standard InChI is InChI=1S/C18H10F3N5O2/c19-18(20,21)11-6-7-13(22-8-11)15-25-17(28-26-15)12-9-23-14(24-16(12)27)10-4-2-1-3-5-10/h1-9H,(H,23,24,27). The Morgan fingerprint density at radius 1 is 0.964 bits per heavy atom. The summed E-state index contributed by atoms with van der Waals surface area (Å²) in [6, 6.07) is 11.0. The van der Waals surface area contributed by atoms with Crippen molar-refractivity contribution in [3.8, 4) is 34.4 Å². The smallest absolute Gasteiger partial charge is 0.333 e. The monoisotopic (exact) mass is 385 g/mol. The molecule has 140 valence electrons. The number of pyridine rings is 1. The molecular formula is C18H10F3N5O2. The van der Waals surface area contributed by atoms with E-state index in [2.05, 4.69) is 25.1 Å². The van der Waals surface area contributed by atoms with E-state index in [1.165, 1.54) is 6.20 Å². The van der Waals surface area contributed by atoms with Gasteiger partial charge in [-0.05, 0) is 12.1 Å². The van der Waals surface area contributed by atoms with Crippen molar-refractivity contribution in [2.24, 2.45) is 0 Å². The highest BCUT2D eigenvalue weighted by molar-refractivity contribution is 5.59. The molecule has 7 nitrogen and oxygen atoms in total. The van der Waals surface area contributed by atoms with E-state index in [-0.39, 0.29) is 23.0 Å². The number of alkyl halides is 3. The number of H-pyrrole nitrogens is 1. The van der Waals surface area contributed by atoms with Gasteiger partial charge in [0.1, 0.15) is 17.1 Å². The second-order valence-corrected chi connectivity index (χ2v) is 5.69. The lowest BCUT2D eigenvalue weighted by Crippen LogP contribution is -2.11. The molecule has 4 rings (SSSR count). The zero-order valence-corrected chi connectivity index (χ0v) is 13.9. The zero-order chi connectivity index (χ0) is 19.7. The Morgan fingerprint density at radius 3 is 2.39 bits per heavy atom. The van der Waals surface area contributed by atoms with E-state index in [1.807, 2.05) is 18.2 Å². The molecule has 1 N–H and O–H groups in total. The van der Waals surface area contributed by atoms with Crippen molar-refractivity contribution < 1.29 is 17.7 Å². The molecule has 0 saturated carbocycles. The van der Waals surface area contributed by atoms with Gasteiger partial charge in [0, 0.05) is 18.0 Å². The Hall–Kier alpha value is -3.82. The highest BCUT2D eigenvalue weighted by Crippen LogP contribution is 2.29. The van der Waals surface area contributed by atoms with Crippen LogP contribution in [0.3, 0.4) is 0 Å². The van der Waals surface area contributed by atoms with Gasteiger partial charge in [-0.25, -0.2) is 4.98 Å². The van der Waals surface area contributed by atoms with E-state index in [0.717, 1.165) is 17.7 Å². The molecule has 3 heterocycles. The molecule has 0 aliphatic rings. The second-order valence-electron chi connectivity index (χ2n) is 5.69. The van der Waals surface area contributed by atoms with Crippen molar-refractivity contribution in [1.82, 2.24) is 25.1 Å². The van der Waals surface area contributed by atoms with Gasteiger partial charge in [-0.1, -0.05) is 35.5 Å². The van der Waals surface area contributed by atoms with Crippen molar-refractivity contribution in [3.05, 3.63) is 70.8 Å². The molecule has 0 saturated heterocycles. The van der Waals surface area contributed by atoms with Crippen molar-refractivity contribution in [2.75, 3.05) is 0 Å². The second kappa shape index (κ2) is 6.72. The first kappa shape index (κ1) is 17.6. The number of benzene rings is 1. The van der Waals surface area contributed by atoms with Gasteiger partial charge >= 0.3 is 6.18 Å². The minimum atomic E-state index is -4.49. The maximum atomic E-state index is 12.6. The molecule has 28 heavy (non-hydrogen) atoms.